The molecular weight excluding hydrogens is 426 g/mol. The molecule has 0 amide bonds. The van der Waals surface area contributed by atoms with E-state index >= 15 is 0 Å². The highest BCUT2D eigenvalue weighted by atomic mass is 79.9. The van der Waals surface area contributed by atoms with Crippen LogP contribution in [0.3, 0.4) is 0 Å². The quantitative estimate of drug-likeness (QED) is 0.217. The van der Waals surface area contributed by atoms with E-state index in [4.69, 9.17) is 9.84 Å². The highest BCUT2D eigenvalue weighted by molar-refractivity contribution is 9.10. The lowest BCUT2D eigenvalue weighted by molar-refractivity contribution is 0.0799. The molecule has 1 aliphatic carbocycles. The molecule has 7 heteroatoms. The van der Waals surface area contributed by atoms with Gasteiger partial charge in [0.2, 0.25) is 0 Å². The van der Waals surface area contributed by atoms with Crippen LogP contribution in [0.1, 0.15) is 10.4 Å². The van der Waals surface area contributed by atoms with E-state index < -0.39 is 8.07 Å². The fourth-order valence-electron chi connectivity index (χ4n) is 3.19. The van der Waals surface area contributed by atoms with Crippen LogP contribution >= 0.6 is 27.3 Å². The molecule has 0 atom stereocenters. The van der Waals surface area contributed by atoms with E-state index in [1.165, 1.54) is 27.7 Å². The first-order chi connectivity index (χ1) is 12.4. The summed E-state index contributed by atoms with van der Waals surface area (Å²) in [5.74, 6) is 0. The van der Waals surface area contributed by atoms with Crippen LogP contribution in [0.25, 0.3) is 22.5 Å². The molecule has 0 fully saturated rings. The summed E-state index contributed by atoms with van der Waals surface area (Å²) >= 11 is 5.23. The predicted octanol–water partition coefficient (Wildman–Crippen LogP) is 5.65. The number of nitrogens with zero attached hydrogens (tertiary/aromatic N) is 3. The number of ether oxygens (including phenoxy) is 1. The minimum atomic E-state index is -1.08. The van der Waals surface area contributed by atoms with Gasteiger partial charge >= 0.3 is 0 Å². The summed E-state index contributed by atoms with van der Waals surface area (Å²) in [4.78, 5) is 5.79. The van der Waals surface area contributed by atoms with E-state index in [1.54, 1.807) is 0 Å². The SMILES string of the molecule is C[Si](C)(C)CCOCn1nc(-c2ccc(Br)nc2)c2c1-c1ccsc1C2. The van der Waals surface area contributed by atoms with Crippen LogP contribution in [0.2, 0.25) is 25.7 Å². The van der Waals surface area contributed by atoms with Gasteiger partial charge in [0, 0.05) is 48.9 Å². The molecule has 0 unspecified atom stereocenters. The highest BCUT2D eigenvalue weighted by Crippen LogP contribution is 2.44. The van der Waals surface area contributed by atoms with Crippen molar-refractivity contribution >= 4 is 35.3 Å². The first-order valence-corrected chi connectivity index (χ1v) is 14.2. The maximum Gasteiger partial charge on any atom is 0.140 e. The molecule has 0 aromatic carbocycles. The molecule has 0 N–H and O–H groups in total. The lowest BCUT2D eigenvalue weighted by Crippen LogP contribution is -2.22. The number of hydrogen-bond donors (Lipinski definition) is 0. The normalized spacial score (nSPS) is 13.1. The van der Waals surface area contributed by atoms with Gasteiger partial charge in [-0.2, -0.15) is 5.10 Å². The van der Waals surface area contributed by atoms with Crippen molar-refractivity contribution in [1.29, 1.82) is 0 Å². The van der Waals surface area contributed by atoms with E-state index in [0.29, 0.717) is 6.73 Å². The standard InChI is InChI=1S/C19H22BrN3OSSi/c1-26(2,3)9-7-24-12-23-19-14-6-8-25-16(14)10-15(19)18(22-23)13-4-5-17(20)21-11-13/h4-6,8,11H,7,9-10,12H2,1-3H3. The number of fused-ring (bicyclic) bond motifs is 3. The van der Waals surface area contributed by atoms with Crippen molar-refractivity contribution in [2.75, 3.05) is 6.61 Å². The van der Waals surface area contributed by atoms with Crippen molar-refractivity contribution in [1.82, 2.24) is 14.8 Å². The van der Waals surface area contributed by atoms with E-state index in [0.717, 1.165) is 28.9 Å². The van der Waals surface area contributed by atoms with Gasteiger partial charge in [0.15, 0.2) is 0 Å². The topological polar surface area (TPSA) is 39.9 Å². The lowest BCUT2D eigenvalue weighted by Gasteiger charge is -2.15. The largest absolute Gasteiger partial charge is 0.360 e. The van der Waals surface area contributed by atoms with Gasteiger partial charge in [-0.3, -0.25) is 0 Å². The Hall–Kier alpha value is -1.28. The monoisotopic (exact) mass is 447 g/mol. The van der Waals surface area contributed by atoms with Crippen molar-refractivity contribution in [3.8, 4) is 22.5 Å². The van der Waals surface area contributed by atoms with Crippen molar-refractivity contribution in [3.63, 3.8) is 0 Å². The van der Waals surface area contributed by atoms with Gasteiger partial charge in [0.25, 0.3) is 0 Å². The molecule has 0 spiro atoms. The Kier molecular flexibility index (Phi) is 4.90. The molecule has 4 rings (SSSR count). The Labute approximate surface area is 167 Å². The fourth-order valence-corrected chi connectivity index (χ4v) is 5.07. The molecule has 0 aliphatic heterocycles. The number of thiophene rings is 1. The Morgan fingerprint density at radius 1 is 1.27 bits per heavy atom. The summed E-state index contributed by atoms with van der Waals surface area (Å²) in [6, 6.07) is 7.41. The molecule has 136 valence electrons. The zero-order chi connectivity index (χ0) is 18.3. The average Bonchev–Trinajstić information content (AvgIpc) is 3.23. The van der Waals surface area contributed by atoms with E-state index in [1.807, 2.05) is 28.3 Å². The molecule has 4 nitrogen and oxygen atoms in total. The second kappa shape index (κ2) is 7.03. The summed E-state index contributed by atoms with van der Waals surface area (Å²) in [7, 11) is -1.08. The zero-order valence-electron chi connectivity index (χ0n) is 15.3. The molecule has 3 aromatic heterocycles. The second-order valence-electron chi connectivity index (χ2n) is 7.83. The van der Waals surface area contributed by atoms with Gasteiger partial charge < -0.3 is 4.74 Å². The van der Waals surface area contributed by atoms with E-state index in [-0.39, 0.29) is 0 Å². The smallest absolute Gasteiger partial charge is 0.140 e. The summed E-state index contributed by atoms with van der Waals surface area (Å²) in [6.07, 6.45) is 2.83. The Balaban J connectivity index is 1.64. The Morgan fingerprint density at radius 2 is 2.12 bits per heavy atom. The summed E-state index contributed by atoms with van der Waals surface area (Å²) in [6.45, 7) is 8.43. The van der Waals surface area contributed by atoms with Gasteiger partial charge in [0.05, 0.1) is 11.4 Å². The molecule has 0 saturated carbocycles. The second-order valence-corrected chi connectivity index (χ2v) is 15.3. The van der Waals surface area contributed by atoms with Crippen molar-refractivity contribution in [2.24, 2.45) is 0 Å². The van der Waals surface area contributed by atoms with Gasteiger partial charge in [-0.1, -0.05) is 19.6 Å². The number of pyridine rings is 1. The van der Waals surface area contributed by atoms with Gasteiger partial charge in [-0.05, 0) is 45.6 Å². The van der Waals surface area contributed by atoms with Crippen LogP contribution in [0.15, 0.2) is 34.4 Å². The molecule has 0 radical (unpaired) electrons. The number of aromatic nitrogens is 3. The van der Waals surface area contributed by atoms with E-state index in [2.05, 4.69) is 58.1 Å². The van der Waals surface area contributed by atoms with Crippen LogP contribution in [0.4, 0.5) is 0 Å². The molecule has 1 aliphatic rings. The van der Waals surface area contributed by atoms with Gasteiger partial charge in [-0.25, -0.2) is 9.67 Å². The van der Waals surface area contributed by atoms with Crippen molar-refractivity contribution in [3.05, 3.63) is 44.8 Å². The Bertz CT molecular complexity index is 927. The van der Waals surface area contributed by atoms with Crippen molar-refractivity contribution < 1.29 is 4.74 Å². The molecule has 0 bridgehead atoms. The molecule has 3 aromatic rings. The minimum absolute atomic E-state index is 0.506. The average molecular weight is 448 g/mol. The summed E-state index contributed by atoms with van der Waals surface area (Å²) in [5.41, 5.74) is 5.90. The number of halogens is 1. The number of hydrogen-bond acceptors (Lipinski definition) is 4. The summed E-state index contributed by atoms with van der Waals surface area (Å²) in [5, 5.41) is 7.06. The first kappa shape index (κ1) is 18.1. The highest BCUT2D eigenvalue weighted by Gasteiger charge is 2.29. The fraction of sp³-hybridized carbons (Fsp3) is 0.368. The van der Waals surface area contributed by atoms with Crippen LogP contribution in [-0.4, -0.2) is 29.4 Å². The zero-order valence-corrected chi connectivity index (χ0v) is 18.7. The maximum atomic E-state index is 6.00. The maximum absolute atomic E-state index is 6.00. The molecular formula is C19H22BrN3OSSi. The predicted molar refractivity (Wildman–Crippen MR) is 113 cm³/mol. The number of rotatable bonds is 6. The van der Waals surface area contributed by atoms with Crippen LogP contribution < -0.4 is 0 Å². The lowest BCUT2D eigenvalue weighted by atomic mass is 10.1. The third kappa shape index (κ3) is 3.58. The minimum Gasteiger partial charge on any atom is -0.360 e. The van der Waals surface area contributed by atoms with Crippen LogP contribution in [0.5, 0.6) is 0 Å². The van der Waals surface area contributed by atoms with Gasteiger partial charge in [-0.15, -0.1) is 11.3 Å². The summed E-state index contributed by atoms with van der Waals surface area (Å²) < 4.78 is 8.87. The first-order valence-electron chi connectivity index (χ1n) is 8.78. The van der Waals surface area contributed by atoms with Crippen LogP contribution in [-0.2, 0) is 17.9 Å². The molecule has 3 heterocycles. The van der Waals surface area contributed by atoms with Gasteiger partial charge in [0.1, 0.15) is 11.3 Å². The van der Waals surface area contributed by atoms with Crippen molar-refractivity contribution in [2.45, 2.75) is 38.8 Å². The Morgan fingerprint density at radius 3 is 2.85 bits per heavy atom. The van der Waals surface area contributed by atoms with E-state index in [9.17, 15) is 0 Å². The third-order valence-electron chi connectivity index (χ3n) is 4.60. The molecule has 26 heavy (non-hydrogen) atoms. The molecule has 0 saturated heterocycles. The third-order valence-corrected chi connectivity index (χ3v) is 7.69. The van der Waals surface area contributed by atoms with Crippen LogP contribution in [0, 0.1) is 0 Å².